The zero-order chi connectivity index (χ0) is 18.2. The van der Waals surface area contributed by atoms with E-state index in [1.807, 2.05) is 6.92 Å². The van der Waals surface area contributed by atoms with Crippen molar-refractivity contribution in [3.63, 3.8) is 0 Å². The Morgan fingerprint density at radius 1 is 1.42 bits per heavy atom. The molecule has 1 rings (SSSR count). The Labute approximate surface area is 143 Å². The molecule has 0 fully saturated rings. The van der Waals surface area contributed by atoms with Crippen molar-refractivity contribution in [1.29, 1.82) is 0 Å². The molecule has 132 valence electrons. The average Bonchev–Trinajstić information content (AvgIpc) is 2.98. The van der Waals surface area contributed by atoms with Crippen LogP contribution in [0.2, 0.25) is 0 Å². The van der Waals surface area contributed by atoms with E-state index < -0.39 is 12.8 Å². The Balaban J connectivity index is 2.92. The second-order valence-corrected chi connectivity index (χ2v) is 5.86. The molecule has 0 aromatic carbocycles. The van der Waals surface area contributed by atoms with E-state index >= 15 is 0 Å². The van der Waals surface area contributed by atoms with Gasteiger partial charge in [-0.3, -0.25) is 4.79 Å². The normalized spacial score (nSPS) is 13.0. The summed E-state index contributed by atoms with van der Waals surface area (Å²) in [5.41, 5.74) is 0.520. The standard InChI is InChI=1S/C17H20F3NO2S/c1-4-7-12(23-17(19,20)11-18)8-6-9-15(22)14-10-13(5-2)24-16(14)21-3/h4,6-10,21H,5,11H2,1-3H3/b7-4-,9-6+,12-8+. The van der Waals surface area contributed by atoms with Gasteiger partial charge in [-0.2, -0.15) is 8.78 Å². The van der Waals surface area contributed by atoms with Gasteiger partial charge in [0.05, 0.1) is 10.6 Å². The smallest absolute Gasteiger partial charge is 0.427 e. The minimum atomic E-state index is -3.90. The van der Waals surface area contributed by atoms with Crippen molar-refractivity contribution in [2.45, 2.75) is 26.4 Å². The van der Waals surface area contributed by atoms with Gasteiger partial charge >= 0.3 is 6.11 Å². The van der Waals surface area contributed by atoms with Crippen molar-refractivity contribution in [3.05, 3.63) is 52.6 Å². The number of anilines is 1. The van der Waals surface area contributed by atoms with Crippen molar-refractivity contribution in [3.8, 4) is 0 Å². The Morgan fingerprint density at radius 2 is 2.12 bits per heavy atom. The molecule has 1 heterocycles. The van der Waals surface area contributed by atoms with E-state index in [1.165, 1.54) is 41.7 Å². The third kappa shape index (κ3) is 5.88. The zero-order valence-electron chi connectivity index (χ0n) is 13.7. The van der Waals surface area contributed by atoms with Crippen LogP contribution in [0, 0.1) is 0 Å². The number of thiophene rings is 1. The molecular formula is C17H20F3NO2S. The van der Waals surface area contributed by atoms with E-state index in [2.05, 4.69) is 10.1 Å². The van der Waals surface area contributed by atoms with Gasteiger partial charge in [0, 0.05) is 11.9 Å². The van der Waals surface area contributed by atoms with E-state index in [-0.39, 0.29) is 11.5 Å². The molecule has 0 aliphatic carbocycles. The molecule has 0 unspecified atom stereocenters. The molecule has 0 aliphatic heterocycles. The van der Waals surface area contributed by atoms with Crippen LogP contribution < -0.4 is 5.32 Å². The number of hydrogen-bond donors (Lipinski definition) is 1. The van der Waals surface area contributed by atoms with Crippen LogP contribution in [0.4, 0.5) is 18.2 Å². The minimum absolute atomic E-state index is 0.238. The predicted octanol–water partition coefficient (Wildman–Crippen LogP) is 5.13. The average molecular weight is 359 g/mol. The largest absolute Gasteiger partial charge is 0.431 e. The lowest BCUT2D eigenvalue weighted by molar-refractivity contribution is -0.219. The maximum Gasteiger partial charge on any atom is 0.427 e. The molecule has 0 spiro atoms. The SMILES string of the molecule is C\C=C/C(=C\C=C\C(=O)c1cc(CC)sc1NC)OC(F)(F)CF. The van der Waals surface area contributed by atoms with Crippen LogP contribution in [0.3, 0.4) is 0 Å². The number of ether oxygens (including phenoxy) is 1. The second-order valence-electron chi connectivity index (χ2n) is 4.72. The lowest BCUT2D eigenvalue weighted by atomic mass is 10.1. The molecule has 0 atom stereocenters. The molecule has 0 bridgehead atoms. The third-order valence-corrected chi connectivity index (χ3v) is 4.18. The number of nitrogens with one attached hydrogen (secondary N) is 1. The van der Waals surface area contributed by atoms with Gasteiger partial charge in [-0.15, -0.1) is 11.3 Å². The Hall–Kier alpha value is -2.02. The van der Waals surface area contributed by atoms with E-state index in [9.17, 15) is 18.0 Å². The second kappa shape index (κ2) is 9.32. The van der Waals surface area contributed by atoms with E-state index in [0.717, 1.165) is 16.3 Å². The van der Waals surface area contributed by atoms with E-state index in [1.54, 1.807) is 20.0 Å². The van der Waals surface area contributed by atoms with Crippen LogP contribution >= 0.6 is 11.3 Å². The van der Waals surface area contributed by atoms with Gasteiger partial charge in [0.15, 0.2) is 12.5 Å². The summed E-state index contributed by atoms with van der Waals surface area (Å²) < 4.78 is 42.3. The molecule has 24 heavy (non-hydrogen) atoms. The highest BCUT2D eigenvalue weighted by atomic mass is 32.1. The summed E-state index contributed by atoms with van der Waals surface area (Å²) in [4.78, 5) is 13.3. The van der Waals surface area contributed by atoms with Crippen molar-refractivity contribution in [2.75, 3.05) is 19.0 Å². The summed E-state index contributed by atoms with van der Waals surface area (Å²) in [6, 6.07) is 1.80. The van der Waals surface area contributed by atoms with Gasteiger partial charge in [0.2, 0.25) is 0 Å². The van der Waals surface area contributed by atoms with Crippen molar-refractivity contribution in [1.82, 2.24) is 0 Å². The van der Waals surface area contributed by atoms with Crippen molar-refractivity contribution < 1.29 is 22.7 Å². The highest BCUT2D eigenvalue weighted by molar-refractivity contribution is 7.16. The lowest BCUT2D eigenvalue weighted by Crippen LogP contribution is -2.22. The summed E-state index contributed by atoms with van der Waals surface area (Å²) in [6.07, 6.45) is 3.39. The first-order chi connectivity index (χ1) is 11.4. The number of allylic oxidation sites excluding steroid dienone is 5. The zero-order valence-corrected chi connectivity index (χ0v) is 14.6. The van der Waals surface area contributed by atoms with Crippen LogP contribution in [-0.4, -0.2) is 25.6 Å². The number of halogens is 3. The van der Waals surface area contributed by atoms with E-state index in [0.29, 0.717) is 5.56 Å². The van der Waals surface area contributed by atoms with Gasteiger partial charge in [0.25, 0.3) is 0 Å². The topological polar surface area (TPSA) is 38.3 Å². The molecule has 7 heteroatoms. The highest BCUT2D eigenvalue weighted by Gasteiger charge is 2.31. The Bertz CT molecular complexity index is 648. The van der Waals surface area contributed by atoms with Crippen LogP contribution in [0.1, 0.15) is 29.1 Å². The van der Waals surface area contributed by atoms with Gasteiger partial charge in [-0.1, -0.05) is 19.1 Å². The molecule has 0 amide bonds. The maximum absolute atomic E-state index is 12.9. The fraction of sp³-hybridized carbons (Fsp3) is 0.353. The number of ketones is 1. The first kappa shape index (κ1) is 20.0. The summed E-state index contributed by atoms with van der Waals surface area (Å²) in [6.45, 7) is 1.67. The van der Waals surface area contributed by atoms with Crippen molar-refractivity contribution >= 4 is 22.1 Å². The fourth-order valence-electron chi connectivity index (χ4n) is 1.79. The number of carbonyl (C=O) groups excluding carboxylic acids is 1. The fourth-order valence-corrected chi connectivity index (χ4v) is 2.75. The molecule has 3 nitrogen and oxygen atoms in total. The number of carbonyl (C=O) groups is 1. The highest BCUT2D eigenvalue weighted by Crippen LogP contribution is 2.28. The monoisotopic (exact) mass is 359 g/mol. The lowest BCUT2D eigenvalue weighted by Gasteiger charge is -2.14. The molecular weight excluding hydrogens is 339 g/mol. The van der Waals surface area contributed by atoms with Crippen molar-refractivity contribution in [2.24, 2.45) is 0 Å². The molecule has 0 radical (unpaired) electrons. The molecule has 0 saturated carbocycles. The number of rotatable bonds is 9. The molecule has 1 aromatic rings. The van der Waals surface area contributed by atoms with E-state index in [4.69, 9.17) is 0 Å². The number of aryl methyl sites for hydroxylation is 1. The Kier molecular flexibility index (Phi) is 7.78. The summed E-state index contributed by atoms with van der Waals surface area (Å²) in [5, 5.41) is 3.71. The first-order valence-corrected chi connectivity index (χ1v) is 8.17. The van der Waals surface area contributed by atoms with Crippen LogP contribution in [0.5, 0.6) is 0 Å². The van der Waals surface area contributed by atoms with Crippen LogP contribution in [0.25, 0.3) is 0 Å². The molecule has 0 aliphatic rings. The third-order valence-electron chi connectivity index (χ3n) is 2.89. The number of alkyl halides is 3. The summed E-state index contributed by atoms with van der Waals surface area (Å²) in [5.74, 6) is -0.499. The predicted molar refractivity (Wildman–Crippen MR) is 91.6 cm³/mol. The van der Waals surface area contributed by atoms with Gasteiger partial charge in [-0.25, -0.2) is 4.39 Å². The summed E-state index contributed by atoms with van der Waals surface area (Å²) in [7, 11) is 1.72. The Morgan fingerprint density at radius 3 is 2.67 bits per heavy atom. The minimum Gasteiger partial charge on any atom is -0.431 e. The maximum atomic E-state index is 12.9. The first-order valence-electron chi connectivity index (χ1n) is 7.35. The molecule has 1 N–H and O–H groups in total. The summed E-state index contributed by atoms with van der Waals surface area (Å²) >= 11 is 1.49. The molecule has 1 aromatic heterocycles. The van der Waals surface area contributed by atoms with Gasteiger partial charge in [0.1, 0.15) is 5.76 Å². The number of hydrogen-bond acceptors (Lipinski definition) is 4. The quantitative estimate of drug-likeness (QED) is 0.287. The van der Waals surface area contributed by atoms with Crippen LogP contribution in [0.15, 0.2) is 42.2 Å². The van der Waals surface area contributed by atoms with Crippen LogP contribution in [-0.2, 0) is 11.2 Å². The van der Waals surface area contributed by atoms with Gasteiger partial charge in [-0.05, 0) is 37.6 Å². The molecule has 0 saturated heterocycles. The van der Waals surface area contributed by atoms with Gasteiger partial charge < -0.3 is 10.1 Å².